The molecule has 1 aliphatic carbocycles. The van der Waals surface area contributed by atoms with E-state index in [9.17, 15) is 8.42 Å². The highest BCUT2D eigenvalue weighted by Gasteiger charge is 2.31. The average Bonchev–Trinajstić information content (AvgIpc) is 3.47. The second-order valence-corrected chi connectivity index (χ2v) is 12.3. The van der Waals surface area contributed by atoms with E-state index >= 15 is 0 Å². The molecule has 0 aliphatic heterocycles. The van der Waals surface area contributed by atoms with Crippen molar-refractivity contribution in [2.24, 2.45) is 0 Å². The van der Waals surface area contributed by atoms with Crippen LogP contribution in [0.3, 0.4) is 0 Å². The number of nitrogens with one attached hydrogen (secondary N) is 2. The molecule has 1 fully saturated rings. The number of sulfonamides is 1. The molecule has 4 aromatic rings. The highest BCUT2D eigenvalue weighted by atomic mass is 35.5. The smallest absolute Gasteiger partial charge is 0.240 e. The normalized spacial score (nSPS) is 19.3. The molecule has 2 N–H and O–H groups in total. The number of aromatic amines is 1. The number of rotatable bonds is 5. The Bertz CT molecular complexity index is 1450. The number of benzene rings is 2. The van der Waals surface area contributed by atoms with Crippen LogP contribution in [-0.4, -0.2) is 34.6 Å². The minimum Gasteiger partial charge on any atom is -0.424 e. The zero-order valence-electron chi connectivity index (χ0n) is 19.9. The van der Waals surface area contributed by atoms with Gasteiger partial charge in [-0.25, -0.2) is 18.1 Å². The molecule has 0 bridgehead atoms. The van der Waals surface area contributed by atoms with Gasteiger partial charge >= 0.3 is 0 Å². The highest BCUT2D eigenvalue weighted by molar-refractivity contribution is 7.89. The van der Waals surface area contributed by atoms with E-state index in [1.54, 1.807) is 30.3 Å². The minimum atomic E-state index is -3.68. The van der Waals surface area contributed by atoms with Crippen molar-refractivity contribution < 1.29 is 12.8 Å². The molecule has 0 spiro atoms. The van der Waals surface area contributed by atoms with Crippen LogP contribution in [0.25, 0.3) is 22.4 Å². The first kappa shape index (κ1) is 24.0. The van der Waals surface area contributed by atoms with Gasteiger partial charge in [0.25, 0.3) is 0 Å². The van der Waals surface area contributed by atoms with Crippen molar-refractivity contribution in [1.29, 1.82) is 0 Å². The molecule has 1 saturated carbocycles. The van der Waals surface area contributed by atoms with Gasteiger partial charge in [0.05, 0.1) is 15.9 Å². The fraction of sp³-hybridized carbons (Fsp3) is 0.400. The molecule has 2 aromatic heterocycles. The molecule has 10 heteroatoms. The van der Waals surface area contributed by atoms with Crippen LogP contribution in [0.1, 0.15) is 64.2 Å². The molecule has 35 heavy (non-hydrogen) atoms. The summed E-state index contributed by atoms with van der Waals surface area (Å²) in [5.74, 6) is 2.10. The zero-order valence-corrected chi connectivity index (χ0v) is 21.4. The van der Waals surface area contributed by atoms with Crippen molar-refractivity contribution in [3.63, 3.8) is 0 Å². The molecule has 0 saturated heterocycles. The molecule has 0 atom stereocenters. The number of fused-ring (bicyclic) bond motifs is 1. The third-order valence-corrected chi connectivity index (χ3v) is 8.13. The average molecular weight is 514 g/mol. The van der Waals surface area contributed by atoms with Gasteiger partial charge in [-0.2, -0.15) is 0 Å². The van der Waals surface area contributed by atoms with Crippen LogP contribution in [0.15, 0.2) is 51.8 Å². The third kappa shape index (κ3) is 5.12. The predicted octanol–water partition coefficient (Wildman–Crippen LogP) is 5.57. The predicted molar refractivity (Wildman–Crippen MR) is 135 cm³/mol. The SMILES string of the molecule is CC(C)(C)c1nnc(C2CCC(NS(=O)(=O)c3ccc4nc(-c5ccc(Cl)cc5)[nH]c4c3)CC2)o1. The molecular formula is C25H28ClN5O3S. The summed E-state index contributed by atoms with van der Waals surface area (Å²) in [5.41, 5.74) is 2.04. The standard InChI is InChI=1S/C25H28ClN5O3S/c1-25(2,3)24-30-29-23(34-24)16-6-10-18(11-7-16)31-35(32,33)19-12-13-20-21(14-19)28-22(27-20)15-4-8-17(26)9-5-15/h4-5,8-9,12-14,16,18,31H,6-7,10-11H2,1-3H3,(H,27,28). The molecule has 0 radical (unpaired) electrons. The minimum absolute atomic E-state index is 0.136. The third-order valence-electron chi connectivity index (χ3n) is 6.36. The summed E-state index contributed by atoms with van der Waals surface area (Å²) in [6.07, 6.45) is 3.01. The van der Waals surface area contributed by atoms with Gasteiger partial charge in [0, 0.05) is 28.0 Å². The summed E-state index contributed by atoms with van der Waals surface area (Å²) in [5, 5.41) is 9.07. The lowest BCUT2D eigenvalue weighted by Gasteiger charge is -2.27. The van der Waals surface area contributed by atoms with Gasteiger partial charge < -0.3 is 9.40 Å². The topological polar surface area (TPSA) is 114 Å². The van der Waals surface area contributed by atoms with Crippen LogP contribution in [-0.2, 0) is 15.4 Å². The number of imidazole rings is 1. The van der Waals surface area contributed by atoms with Gasteiger partial charge in [-0.05, 0) is 68.1 Å². The van der Waals surface area contributed by atoms with E-state index in [1.165, 1.54) is 0 Å². The molecule has 1 aliphatic rings. The lowest BCUT2D eigenvalue weighted by Crippen LogP contribution is -2.37. The number of nitrogens with zero attached hydrogens (tertiary/aromatic N) is 3. The molecule has 2 heterocycles. The maximum atomic E-state index is 13.1. The lowest BCUT2D eigenvalue weighted by atomic mass is 9.86. The second kappa shape index (κ2) is 9.04. The molecular weight excluding hydrogens is 486 g/mol. The first-order valence-corrected chi connectivity index (χ1v) is 13.6. The zero-order chi connectivity index (χ0) is 24.8. The molecule has 5 rings (SSSR count). The highest BCUT2D eigenvalue weighted by Crippen LogP contribution is 2.34. The number of aromatic nitrogens is 4. The van der Waals surface area contributed by atoms with E-state index < -0.39 is 10.0 Å². The summed E-state index contributed by atoms with van der Waals surface area (Å²) in [6.45, 7) is 6.11. The van der Waals surface area contributed by atoms with Gasteiger partial charge in [0.15, 0.2) is 0 Å². The summed E-state index contributed by atoms with van der Waals surface area (Å²) in [6, 6.07) is 12.1. The fourth-order valence-electron chi connectivity index (χ4n) is 4.35. The van der Waals surface area contributed by atoms with Gasteiger partial charge in [-0.15, -0.1) is 10.2 Å². The lowest BCUT2D eigenvalue weighted by molar-refractivity contribution is 0.304. The van der Waals surface area contributed by atoms with Crippen molar-refractivity contribution in [3.8, 4) is 11.4 Å². The van der Waals surface area contributed by atoms with Crippen LogP contribution in [0, 0.1) is 0 Å². The summed E-state index contributed by atoms with van der Waals surface area (Å²) < 4.78 is 35.0. The fourth-order valence-corrected chi connectivity index (χ4v) is 5.81. The van der Waals surface area contributed by atoms with Crippen molar-refractivity contribution in [2.45, 2.75) is 68.7 Å². The van der Waals surface area contributed by atoms with E-state index in [2.05, 4.69) is 24.9 Å². The van der Waals surface area contributed by atoms with E-state index in [0.29, 0.717) is 46.5 Å². The van der Waals surface area contributed by atoms with Gasteiger partial charge in [-0.3, -0.25) is 0 Å². The Kier molecular flexibility index (Phi) is 6.19. The Labute approximate surface area is 209 Å². The quantitative estimate of drug-likeness (QED) is 0.360. The summed E-state index contributed by atoms with van der Waals surface area (Å²) in [4.78, 5) is 8.00. The maximum absolute atomic E-state index is 13.1. The van der Waals surface area contributed by atoms with Gasteiger partial charge in [0.1, 0.15) is 5.82 Å². The monoisotopic (exact) mass is 513 g/mol. The van der Waals surface area contributed by atoms with E-state index in [1.807, 2.05) is 32.9 Å². The van der Waals surface area contributed by atoms with Crippen LogP contribution < -0.4 is 4.72 Å². The molecule has 0 amide bonds. The number of halogens is 1. The number of H-pyrrole nitrogens is 1. The van der Waals surface area contributed by atoms with Crippen molar-refractivity contribution in [2.75, 3.05) is 0 Å². The van der Waals surface area contributed by atoms with E-state index in [4.69, 9.17) is 16.0 Å². The van der Waals surface area contributed by atoms with E-state index in [-0.39, 0.29) is 22.3 Å². The number of hydrogen-bond donors (Lipinski definition) is 2. The Morgan fingerprint density at radius 1 is 1.03 bits per heavy atom. The summed E-state index contributed by atoms with van der Waals surface area (Å²) >= 11 is 5.97. The van der Waals surface area contributed by atoms with Crippen molar-refractivity contribution in [3.05, 3.63) is 59.3 Å². The largest absolute Gasteiger partial charge is 0.424 e. The molecule has 184 valence electrons. The second-order valence-electron chi connectivity index (χ2n) is 10.1. The Hall–Kier alpha value is -2.75. The van der Waals surface area contributed by atoms with Crippen LogP contribution in [0.4, 0.5) is 0 Å². The van der Waals surface area contributed by atoms with Crippen molar-refractivity contribution >= 4 is 32.7 Å². The Morgan fingerprint density at radius 3 is 2.40 bits per heavy atom. The Morgan fingerprint density at radius 2 is 1.74 bits per heavy atom. The van der Waals surface area contributed by atoms with Crippen LogP contribution in [0.2, 0.25) is 5.02 Å². The molecule has 8 nitrogen and oxygen atoms in total. The van der Waals surface area contributed by atoms with Crippen LogP contribution >= 0.6 is 11.6 Å². The van der Waals surface area contributed by atoms with Crippen molar-refractivity contribution in [1.82, 2.24) is 24.9 Å². The first-order valence-electron chi connectivity index (χ1n) is 11.7. The van der Waals surface area contributed by atoms with Crippen LogP contribution in [0.5, 0.6) is 0 Å². The first-order chi connectivity index (χ1) is 16.6. The maximum Gasteiger partial charge on any atom is 0.240 e. The number of hydrogen-bond acceptors (Lipinski definition) is 6. The summed E-state index contributed by atoms with van der Waals surface area (Å²) in [7, 11) is -3.68. The molecule has 0 unspecified atom stereocenters. The van der Waals surface area contributed by atoms with Gasteiger partial charge in [0.2, 0.25) is 21.8 Å². The van der Waals surface area contributed by atoms with Gasteiger partial charge in [-0.1, -0.05) is 32.4 Å². The van der Waals surface area contributed by atoms with E-state index in [0.717, 1.165) is 18.4 Å². The molecule has 2 aromatic carbocycles. The Balaban J connectivity index is 1.26.